The van der Waals surface area contributed by atoms with Crippen LogP contribution in [0.25, 0.3) is 0 Å². The Morgan fingerprint density at radius 1 is 1.53 bits per heavy atom. The molecule has 1 aliphatic carbocycles. The highest BCUT2D eigenvalue weighted by molar-refractivity contribution is 8.00. The summed E-state index contributed by atoms with van der Waals surface area (Å²) in [5.41, 5.74) is 5.61. The van der Waals surface area contributed by atoms with Crippen LogP contribution in [0, 0.1) is 0 Å². The maximum atomic E-state index is 11.6. The molecule has 0 aromatic heterocycles. The van der Waals surface area contributed by atoms with Crippen molar-refractivity contribution in [1.29, 1.82) is 0 Å². The molecule has 1 atom stereocenters. The Kier molecular flexibility index (Phi) is 5.27. The maximum Gasteiger partial charge on any atom is 0.303 e. The van der Waals surface area contributed by atoms with Crippen LogP contribution in [0.1, 0.15) is 32.1 Å². The van der Waals surface area contributed by atoms with Gasteiger partial charge in [0, 0.05) is 17.7 Å². The number of hydrogen-bond acceptors (Lipinski definition) is 4. The summed E-state index contributed by atoms with van der Waals surface area (Å²) in [5, 5.41) is 11.3. The molecule has 0 aromatic rings. The van der Waals surface area contributed by atoms with Crippen LogP contribution >= 0.6 is 11.8 Å². The van der Waals surface area contributed by atoms with E-state index in [2.05, 4.69) is 11.6 Å². The van der Waals surface area contributed by atoms with Gasteiger partial charge in [0.15, 0.2) is 0 Å². The zero-order chi connectivity index (χ0) is 12.9. The minimum atomic E-state index is -0.923. The van der Waals surface area contributed by atoms with Gasteiger partial charge < -0.3 is 16.2 Å². The fourth-order valence-electron chi connectivity index (χ4n) is 1.81. The summed E-state index contributed by atoms with van der Waals surface area (Å²) in [6, 6.07) is -0.718. The second kappa shape index (κ2) is 6.26. The first-order valence-electron chi connectivity index (χ1n) is 5.79. The number of carbonyl (C=O) groups is 2. The molecular formula is C11H20N2O3S. The van der Waals surface area contributed by atoms with Crippen molar-refractivity contribution in [1.82, 2.24) is 5.32 Å². The summed E-state index contributed by atoms with van der Waals surface area (Å²) in [5.74, 6) is -1.17. The largest absolute Gasteiger partial charge is 0.481 e. The van der Waals surface area contributed by atoms with Gasteiger partial charge >= 0.3 is 5.97 Å². The number of thioether (sulfide) groups is 1. The Hall–Kier alpha value is -0.750. The molecule has 0 bridgehead atoms. The van der Waals surface area contributed by atoms with Gasteiger partial charge in [-0.25, -0.2) is 0 Å². The lowest BCUT2D eigenvalue weighted by atomic mass is 9.84. The maximum absolute atomic E-state index is 11.6. The summed E-state index contributed by atoms with van der Waals surface area (Å²) in [6.07, 6.45) is 5.63. The molecule has 0 aliphatic heterocycles. The van der Waals surface area contributed by atoms with Gasteiger partial charge in [0.05, 0.1) is 6.04 Å². The average Bonchev–Trinajstić information content (AvgIpc) is 2.24. The zero-order valence-corrected chi connectivity index (χ0v) is 10.9. The summed E-state index contributed by atoms with van der Waals surface area (Å²) in [6.45, 7) is 0.633. The SMILES string of the molecule is CSC1(CNC(=O)C(N)CCC(=O)O)CCC1. The lowest BCUT2D eigenvalue weighted by molar-refractivity contribution is -0.137. The third-order valence-electron chi connectivity index (χ3n) is 3.29. The Morgan fingerprint density at radius 2 is 2.18 bits per heavy atom. The van der Waals surface area contributed by atoms with Crippen molar-refractivity contribution >= 4 is 23.6 Å². The monoisotopic (exact) mass is 260 g/mol. The molecule has 1 fully saturated rings. The molecular weight excluding hydrogens is 240 g/mol. The van der Waals surface area contributed by atoms with Crippen molar-refractivity contribution in [2.45, 2.75) is 42.9 Å². The number of carboxylic acids is 1. The van der Waals surface area contributed by atoms with Crippen molar-refractivity contribution < 1.29 is 14.7 Å². The predicted octanol–water partition coefficient (Wildman–Crippen LogP) is 0.580. The highest BCUT2D eigenvalue weighted by atomic mass is 32.2. The van der Waals surface area contributed by atoms with Crippen molar-refractivity contribution in [3.05, 3.63) is 0 Å². The third-order valence-corrected chi connectivity index (χ3v) is 4.71. The molecule has 0 heterocycles. The van der Waals surface area contributed by atoms with E-state index in [9.17, 15) is 9.59 Å². The van der Waals surface area contributed by atoms with Gasteiger partial charge in [-0.15, -0.1) is 0 Å². The number of hydrogen-bond donors (Lipinski definition) is 3. The Labute approximate surface area is 106 Å². The summed E-state index contributed by atoms with van der Waals surface area (Å²) in [7, 11) is 0. The lowest BCUT2D eigenvalue weighted by Gasteiger charge is -2.40. The van der Waals surface area contributed by atoms with E-state index in [1.165, 1.54) is 6.42 Å². The van der Waals surface area contributed by atoms with Crippen molar-refractivity contribution in [3.8, 4) is 0 Å². The highest BCUT2D eigenvalue weighted by Gasteiger charge is 2.36. The summed E-state index contributed by atoms with van der Waals surface area (Å²) >= 11 is 1.78. The minimum absolute atomic E-state index is 0.0672. The second-order valence-corrected chi connectivity index (χ2v) is 5.77. The van der Waals surface area contributed by atoms with Crippen molar-refractivity contribution in [2.24, 2.45) is 5.73 Å². The first-order chi connectivity index (χ1) is 7.99. The number of amides is 1. The number of carboxylic acid groups (broad SMARTS) is 1. The van der Waals surface area contributed by atoms with Gasteiger partial charge in [0.25, 0.3) is 0 Å². The predicted molar refractivity (Wildman–Crippen MR) is 68.0 cm³/mol. The van der Waals surface area contributed by atoms with Crippen LogP contribution in [0.15, 0.2) is 0 Å². The molecule has 1 saturated carbocycles. The van der Waals surface area contributed by atoms with E-state index >= 15 is 0 Å². The number of nitrogens with one attached hydrogen (secondary N) is 1. The molecule has 0 spiro atoms. The fourth-order valence-corrected chi connectivity index (χ4v) is 2.73. The highest BCUT2D eigenvalue weighted by Crippen LogP contribution is 2.42. The summed E-state index contributed by atoms with van der Waals surface area (Å²) in [4.78, 5) is 22.0. The molecule has 1 aliphatic rings. The van der Waals surface area contributed by atoms with Gasteiger partial charge in [-0.1, -0.05) is 6.42 Å². The Morgan fingerprint density at radius 3 is 2.59 bits per heavy atom. The van der Waals surface area contributed by atoms with Crippen LogP contribution in [-0.2, 0) is 9.59 Å². The van der Waals surface area contributed by atoms with Gasteiger partial charge in [-0.05, 0) is 25.5 Å². The van der Waals surface area contributed by atoms with Crippen LogP contribution in [0.5, 0.6) is 0 Å². The van der Waals surface area contributed by atoms with Crippen molar-refractivity contribution in [2.75, 3.05) is 12.8 Å². The quantitative estimate of drug-likeness (QED) is 0.622. The Balaban J connectivity index is 2.26. The van der Waals surface area contributed by atoms with Crippen LogP contribution in [-0.4, -0.2) is 40.6 Å². The van der Waals surface area contributed by atoms with Gasteiger partial charge in [0.2, 0.25) is 5.91 Å². The molecule has 98 valence electrons. The zero-order valence-electron chi connectivity index (χ0n) is 10.1. The number of rotatable bonds is 7. The number of aliphatic carboxylic acids is 1. The topological polar surface area (TPSA) is 92.4 Å². The fraction of sp³-hybridized carbons (Fsp3) is 0.818. The van der Waals surface area contributed by atoms with Crippen LogP contribution < -0.4 is 11.1 Å². The minimum Gasteiger partial charge on any atom is -0.481 e. The van der Waals surface area contributed by atoms with Gasteiger partial charge in [-0.2, -0.15) is 11.8 Å². The van der Waals surface area contributed by atoms with Gasteiger partial charge in [0.1, 0.15) is 0 Å². The lowest BCUT2D eigenvalue weighted by Crippen LogP contribution is -2.49. The van der Waals surface area contributed by atoms with Crippen LogP contribution in [0.4, 0.5) is 0 Å². The third kappa shape index (κ3) is 4.20. The van der Waals surface area contributed by atoms with E-state index in [1.807, 2.05) is 0 Å². The first-order valence-corrected chi connectivity index (χ1v) is 7.02. The molecule has 4 N–H and O–H groups in total. The second-order valence-electron chi connectivity index (χ2n) is 4.50. The van der Waals surface area contributed by atoms with E-state index in [1.54, 1.807) is 11.8 Å². The molecule has 0 saturated heterocycles. The summed E-state index contributed by atoms with van der Waals surface area (Å²) < 4.78 is 0.183. The molecule has 1 unspecified atom stereocenters. The van der Waals surface area contributed by atoms with Crippen molar-refractivity contribution in [3.63, 3.8) is 0 Å². The van der Waals surface area contributed by atoms with Gasteiger partial charge in [-0.3, -0.25) is 9.59 Å². The molecule has 6 heteroatoms. The average molecular weight is 260 g/mol. The number of carbonyl (C=O) groups excluding carboxylic acids is 1. The van der Waals surface area contributed by atoms with E-state index in [0.717, 1.165) is 12.8 Å². The molecule has 17 heavy (non-hydrogen) atoms. The molecule has 0 aromatic carbocycles. The molecule has 5 nitrogen and oxygen atoms in total. The first kappa shape index (κ1) is 14.3. The van der Waals surface area contributed by atoms with Crippen LogP contribution in [0.3, 0.4) is 0 Å². The molecule has 0 radical (unpaired) electrons. The standard InChI is InChI=1S/C11H20N2O3S/c1-17-11(5-2-6-11)7-13-10(16)8(12)3-4-9(14)15/h8H,2-7,12H2,1H3,(H,13,16)(H,14,15). The van der Waals surface area contributed by atoms with E-state index in [-0.39, 0.29) is 23.5 Å². The van der Waals surface area contributed by atoms with E-state index in [0.29, 0.717) is 6.54 Å². The smallest absolute Gasteiger partial charge is 0.303 e. The van der Waals surface area contributed by atoms with E-state index in [4.69, 9.17) is 10.8 Å². The van der Waals surface area contributed by atoms with E-state index < -0.39 is 12.0 Å². The normalized spacial score (nSPS) is 19.2. The van der Waals surface area contributed by atoms with Crippen LogP contribution in [0.2, 0.25) is 0 Å². The number of nitrogens with two attached hydrogens (primary N) is 1. The molecule has 1 amide bonds. The Bertz CT molecular complexity index is 287. The molecule has 1 rings (SSSR count).